The second-order valence-electron chi connectivity index (χ2n) is 3.77. The highest BCUT2D eigenvalue weighted by atomic mass is 35.5. The van der Waals surface area contributed by atoms with Crippen LogP contribution in [-0.2, 0) is 0 Å². The van der Waals surface area contributed by atoms with Crippen LogP contribution < -0.4 is 4.72 Å². The van der Waals surface area contributed by atoms with Crippen molar-refractivity contribution in [3.8, 4) is 11.5 Å². The summed E-state index contributed by atoms with van der Waals surface area (Å²) in [7, 11) is 0. The van der Waals surface area contributed by atoms with Gasteiger partial charge in [-0.25, -0.2) is 0 Å². The van der Waals surface area contributed by atoms with E-state index in [0.717, 1.165) is 11.9 Å². The lowest BCUT2D eigenvalue weighted by atomic mass is 10.3. The van der Waals surface area contributed by atoms with Gasteiger partial charge in [0, 0.05) is 17.2 Å². The van der Waals surface area contributed by atoms with Crippen LogP contribution in [0.15, 0.2) is 41.3 Å². The second kappa shape index (κ2) is 5.89. The molecule has 0 unspecified atom stereocenters. The normalized spacial score (nSPS) is 10.2. The summed E-state index contributed by atoms with van der Waals surface area (Å²) < 4.78 is 2.78. The number of aromatic hydroxyl groups is 2. The largest absolute Gasteiger partial charge is 0.508 e. The Labute approximate surface area is 123 Å². The zero-order chi connectivity index (χ0) is 14.7. The lowest BCUT2D eigenvalue weighted by Crippen LogP contribution is -1.93. The van der Waals surface area contributed by atoms with Gasteiger partial charge in [-0.1, -0.05) is 11.6 Å². The molecule has 2 aromatic carbocycles. The van der Waals surface area contributed by atoms with Crippen LogP contribution in [0, 0.1) is 10.1 Å². The summed E-state index contributed by atoms with van der Waals surface area (Å²) in [5.74, 6) is -0.232. The number of phenolic OH excluding ortho intramolecular Hbond substituents is 2. The second-order valence-corrected chi connectivity index (χ2v) is 5.06. The minimum Gasteiger partial charge on any atom is -0.508 e. The van der Waals surface area contributed by atoms with E-state index in [2.05, 4.69) is 4.72 Å². The summed E-state index contributed by atoms with van der Waals surface area (Å²) >= 11 is 6.68. The van der Waals surface area contributed by atoms with Crippen LogP contribution in [0.5, 0.6) is 11.5 Å². The third-order valence-electron chi connectivity index (χ3n) is 2.37. The van der Waals surface area contributed by atoms with Crippen molar-refractivity contribution in [3.05, 3.63) is 51.5 Å². The van der Waals surface area contributed by atoms with Crippen molar-refractivity contribution in [1.82, 2.24) is 0 Å². The Morgan fingerprint density at radius 2 is 1.95 bits per heavy atom. The number of nitrogens with one attached hydrogen (secondary N) is 1. The lowest BCUT2D eigenvalue weighted by Gasteiger charge is -2.08. The Morgan fingerprint density at radius 3 is 2.60 bits per heavy atom. The minimum absolute atomic E-state index is 0.0736. The van der Waals surface area contributed by atoms with Crippen LogP contribution in [0.3, 0.4) is 0 Å². The summed E-state index contributed by atoms with van der Waals surface area (Å²) in [5, 5.41) is 30.0. The summed E-state index contributed by atoms with van der Waals surface area (Å²) in [6.07, 6.45) is 0. The van der Waals surface area contributed by atoms with Crippen LogP contribution >= 0.6 is 23.5 Å². The molecule has 0 radical (unpaired) electrons. The van der Waals surface area contributed by atoms with Gasteiger partial charge in [-0.2, -0.15) is 0 Å². The molecular formula is C12H9ClN2O4S. The zero-order valence-electron chi connectivity index (χ0n) is 9.91. The minimum atomic E-state index is -0.535. The molecule has 8 heteroatoms. The molecule has 0 bridgehead atoms. The number of anilines is 1. The molecule has 104 valence electrons. The van der Waals surface area contributed by atoms with Crippen LogP contribution in [-0.4, -0.2) is 15.1 Å². The fourth-order valence-electron chi connectivity index (χ4n) is 1.44. The first kappa shape index (κ1) is 14.3. The Bertz CT molecular complexity index is 666. The van der Waals surface area contributed by atoms with E-state index in [0.29, 0.717) is 10.6 Å². The van der Waals surface area contributed by atoms with E-state index < -0.39 is 4.92 Å². The molecule has 0 atom stereocenters. The number of nitrogens with zero attached hydrogens (tertiary/aromatic N) is 1. The molecule has 0 aromatic heterocycles. The molecule has 0 spiro atoms. The Hall–Kier alpha value is -2.12. The maximum absolute atomic E-state index is 10.9. The van der Waals surface area contributed by atoms with Gasteiger partial charge in [-0.15, -0.1) is 0 Å². The van der Waals surface area contributed by atoms with E-state index in [1.807, 2.05) is 0 Å². The molecule has 3 N–H and O–H groups in total. The summed E-state index contributed by atoms with van der Waals surface area (Å²) in [6.45, 7) is 0. The Morgan fingerprint density at radius 1 is 1.20 bits per heavy atom. The number of rotatable bonds is 4. The fraction of sp³-hybridized carbons (Fsp3) is 0. The molecule has 0 amide bonds. The van der Waals surface area contributed by atoms with Gasteiger partial charge in [-0.3, -0.25) is 10.1 Å². The van der Waals surface area contributed by atoms with E-state index in [4.69, 9.17) is 11.6 Å². The fourth-order valence-corrected chi connectivity index (χ4v) is 2.37. The standard InChI is InChI=1S/C12H9ClN2O4S/c13-7-1-4-12(10(5-7)15(18)19)20-14-9-3-2-8(16)6-11(9)17/h1-6,14,16-17H. The quantitative estimate of drug-likeness (QED) is 0.261. The van der Waals surface area contributed by atoms with E-state index in [-0.39, 0.29) is 22.2 Å². The topological polar surface area (TPSA) is 95.6 Å². The van der Waals surface area contributed by atoms with Crippen LogP contribution in [0.4, 0.5) is 11.4 Å². The highest BCUT2D eigenvalue weighted by Crippen LogP contribution is 2.35. The first-order valence-corrected chi connectivity index (χ1v) is 6.55. The Balaban J connectivity index is 2.20. The average Bonchev–Trinajstić information content (AvgIpc) is 2.38. The number of hydrogen-bond acceptors (Lipinski definition) is 6. The molecule has 0 aliphatic carbocycles. The van der Waals surface area contributed by atoms with Crippen molar-refractivity contribution in [2.45, 2.75) is 4.90 Å². The molecule has 20 heavy (non-hydrogen) atoms. The first-order valence-electron chi connectivity index (χ1n) is 5.36. The molecule has 0 aliphatic heterocycles. The van der Waals surface area contributed by atoms with E-state index >= 15 is 0 Å². The predicted octanol–water partition coefficient (Wildman–Crippen LogP) is 3.78. The number of hydrogen-bond donors (Lipinski definition) is 3. The monoisotopic (exact) mass is 312 g/mol. The third-order valence-corrected chi connectivity index (χ3v) is 3.49. The molecule has 0 aliphatic rings. The highest BCUT2D eigenvalue weighted by molar-refractivity contribution is 8.00. The predicted molar refractivity (Wildman–Crippen MR) is 77.4 cm³/mol. The average molecular weight is 313 g/mol. The Kier molecular flexibility index (Phi) is 4.21. The van der Waals surface area contributed by atoms with E-state index in [1.54, 1.807) is 0 Å². The molecule has 0 fully saturated rings. The van der Waals surface area contributed by atoms with Crippen LogP contribution in [0.25, 0.3) is 0 Å². The van der Waals surface area contributed by atoms with Gasteiger partial charge in [0.1, 0.15) is 16.4 Å². The molecule has 6 nitrogen and oxygen atoms in total. The number of nitro benzene ring substituents is 1. The molecule has 0 saturated heterocycles. The third kappa shape index (κ3) is 3.25. The van der Waals surface area contributed by atoms with Crippen molar-refractivity contribution in [3.63, 3.8) is 0 Å². The maximum atomic E-state index is 10.9. The van der Waals surface area contributed by atoms with E-state index in [9.17, 15) is 20.3 Å². The van der Waals surface area contributed by atoms with Gasteiger partial charge in [0.25, 0.3) is 5.69 Å². The number of benzene rings is 2. The molecule has 2 aromatic rings. The van der Waals surface area contributed by atoms with Crippen LogP contribution in [0.2, 0.25) is 5.02 Å². The maximum Gasteiger partial charge on any atom is 0.286 e. The van der Waals surface area contributed by atoms with Crippen LogP contribution in [0.1, 0.15) is 0 Å². The number of nitro groups is 1. The molecule has 2 rings (SSSR count). The number of phenols is 2. The molecule has 0 heterocycles. The van der Waals surface area contributed by atoms with Crippen molar-refractivity contribution in [2.75, 3.05) is 4.72 Å². The first-order chi connectivity index (χ1) is 9.47. The van der Waals surface area contributed by atoms with E-state index in [1.165, 1.54) is 36.4 Å². The van der Waals surface area contributed by atoms with Crippen molar-refractivity contribution < 1.29 is 15.1 Å². The SMILES string of the molecule is O=[N+]([O-])c1cc(Cl)ccc1SNc1ccc(O)cc1O. The van der Waals surface area contributed by atoms with Gasteiger partial charge in [0.05, 0.1) is 10.6 Å². The summed E-state index contributed by atoms with van der Waals surface area (Å²) in [4.78, 5) is 10.7. The highest BCUT2D eigenvalue weighted by Gasteiger charge is 2.15. The van der Waals surface area contributed by atoms with Crippen molar-refractivity contribution in [1.29, 1.82) is 0 Å². The van der Waals surface area contributed by atoms with Crippen molar-refractivity contribution in [2.24, 2.45) is 0 Å². The summed E-state index contributed by atoms with van der Waals surface area (Å²) in [5.41, 5.74) is 0.199. The smallest absolute Gasteiger partial charge is 0.286 e. The van der Waals surface area contributed by atoms with Gasteiger partial charge in [-0.05, 0) is 36.2 Å². The lowest BCUT2D eigenvalue weighted by molar-refractivity contribution is -0.387. The number of halogens is 1. The molecular weight excluding hydrogens is 304 g/mol. The van der Waals surface area contributed by atoms with Gasteiger partial charge in [0.2, 0.25) is 0 Å². The van der Waals surface area contributed by atoms with Gasteiger partial charge >= 0.3 is 0 Å². The van der Waals surface area contributed by atoms with Gasteiger partial charge in [0.15, 0.2) is 0 Å². The van der Waals surface area contributed by atoms with Gasteiger partial charge < -0.3 is 14.9 Å². The zero-order valence-corrected chi connectivity index (χ0v) is 11.5. The summed E-state index contributed by atoms with van der Waals surface area (Å²) in [6, 6.07) is 8.31. The van der Waals surface area contributed by atoms with Crippen molar-refractivity contribution >= 4 is 34.9 Å². The molecule has 0 saturated carbocycles.